The highest BCUT2D eigenvalue weighted by Gasteiger charge is 2.06. The Bertz CT molecular complexity index is 770. The van der Waals surface area contributed by atoms with Crippen molar-refractivity contribution in [1.82, 2.24) is 0 Å². The quantitative estimate of drug-likeness (QED) is 0.534. The Morgan fingerprint density at radius 3 is 2.71 bits per heavy atom. The molecule has 0 saturated heterocycles. The first-order valence-corrected chi connectivity index (χ1v) is 7.59. The zero-order valence-electron chi connectivity index (χ0n) is 13.6. The number of hydrogen-bond donors (Lipinski definition) is 0. The van der Waals surface area contributed by atoms with Gasteiger partial charge in [0, 0.05) is 6.07 Å². The molecule has 0 saturated carbocycles. The van der Waals surface area contributed by atoms with Gasteiger partial charge >= 0.3 is 0 Å². The van der Waals surface area contributed by atoms with Crippen molar-refractivity contribution in [2.24, 2.45) is 0 Å². The molecule has 0 fully saturated rings. The summed E-state index contributed by atoms with van der Waals surface area (Å²) in [6, 6.07) is 11.0. The van der Waals surface area contributed by atoms with Crippen LogP contribution in [0.25, 0.3) is 0 Å². The molecule has 24 heavy (non-hydrogen) atoms. The van der Waals surface area contributed by atoms with Crippen molar-refractivity contribution in [3.63, 3.8) is 0 Å². The fourth-order valence-electron chi connectivity index (χ4n) is 1.88. The Labute approximate surface area is 141 Å². The van der Waals surface area contributed by atoms with Crippen LogP contribution in [0.5, 0.6) is 5.75 Å². The third-order valence-corrected chi connectivity index (χ3v) is 3.12. The monoisotopic (exact) mass is 324 g/mol. The molecule has 0 spiro atoms. The number of hydrogen-bond acceptors (Lipinski definition) is 4. The fraction of sp³-hybridized carbons (Fsp3) is 0.150. The molecule has 0 aliphatic heterocycles. The summed E-state index contributed by atoms with van der Waals surface area (Å²) in [7, 11) is 0. The standard InChI is InChI=1S/C20H20O4/c1-3-5-11-17(4-2)22-14-18-12-19(21)20(15-23-18)24-13-16-9-7-6-8-10-16/h3-12,15H,2,13-14H2,1H3/b5-3-,17-11+. The predicted octanol–water partition coefficient (Wildman–Crippen LogP) is 4.38. The predicted molar refractivity (Wildman–Crippen MR) is 93.6 cm³/mol. The van der Waals surface area contributed by atoms with Crippen LogP contribution in [0.2, 0.25) is 0 Å². The van der Waals surface area contributed by atoms with E-state index in [2.05, 4.69) is 6.58 Å². The average Bonchev–Trinajstić information content (AvgIpc) is 2.62. The summed E-state index contributed by atoms with van der Waals surface area (Å²) >= 11 is 0. The van der Waals surface area contributed by atoms with Crippen molar-refractivity contribution in [3.05, 3.63) is 101 Å². The van der Waals surface area contributed by atoms with Gasteiger partial charge in [0.05, 0.1) is 0 Å². The normalized spacial score (nSPS) is 11.5. The van der Waals surface area contributed by atoms with Crippen LogP contribution in [0.3, 0.4) is 0 Å². The highest BCUT2D eigenvalue weighted by molar-refractivity contribution is 5.20. The van der Waals surface area contributed by atoms with E-state index in [1.165, 1.54) is 12.3 Å². The molecule has 0 radical (unpaired) electrons. The Morgan fingerprint density at radius 2 is 2.04 bits per heavy atom. The Kier molecular flexibility index (Phi) is 6.65. The molecule has 0 atom stereocenters. The third kappa shape index (κ3) is 5.32. The van der Waals surface area contributed by atoms with E-state index in [9.17, 15) is 4.79 Å². The second-order valence-corrected chi connectivity index (χ2v) is 4.94. The molecule has 1 heterocycles. The van der Waals surface area contributed by atoms with Crippen molar-refractivity contribution in [3.8, 4) is 5.75 Å². The van der Waals surface area contributed by atoms with E-state index in [0.717, 1.165) is 5.56 Å². The van der Waals surface area contributed by atoms with E-state index >= 15 is 0 Å². The summed E-state index contributed by atoms with van der Waals surface area (Å²) in [6.45, 7) is 6.03. The molecule has 124 valence electrons. The summed E-state index contributed by atoms with van der Waals surface area (Å²) in [5.74, 6) is 1.19. The zero-order valence-corrected chi connectivity index (χ0v) is 13.6. The van der Waals surface area contributed by atoms with Crippen LogP contribution >= 0.6 is 0 Å². The second-order valence-electron chi connectivity index (χ2n) is 4.94. The van der Waals surface area contributed by atoms with Crippen molar-refractivity contribution in [1.29, 1.82) is 0 Å². The first kappa shape index (κ1) is 17.3. The lowest BCUT2D eigenvalue weighted by Gasteiger charge is -2.07. The van der Waals surface area contributed by atoms with Gasteiger partial charge in [-0.25, -0.2) is 0 Å². The van der Waals surface area contributed by atoms with Gasteiger partial charge in [-0.2, -0.15) is 0 Å². The Morgan fingerprint density at radius 1 is 1.25 bits per heavy atom. The van der Waals surface area contributed by atoms with Crippen LogP contribution in [-0.4, -0.2) is 0 Å². The minimum absolute atomic E-state index is 0.142. The molecule has 1 aromatic carbocycles. The number of rotatable bonds is 8. The topological polar surface area (TPSA) is 48.7 Å². The first-order valence-electron chi connectivity index (χ1n) is 7.59. The number of ether oxygens (including phenoxy) is 2. The van der Waals surface area contributed by atoms with Gasteiger partial charge in [0.1, 0.15) is 31.0 Å². The van der Waals surface area contributed by atoms with Crippen LogP contribution in [0, 0.1) is 0 Å². The summed E-state index contributed by atoms with van der Waals surface area (Å²) in [6.07, 6.45) is 8.41. The van der Waals surface area contributed by atoms with Crippen molar-refractivity contribution in [2.45, 2.75) is 20.1 Å². The third-order valence-electron chi connectivity index (χ3n) is 3.12. The lowest BCUT2D eigenvalue weighted by Crippen LogP contribution is -2.08. The summed E-state index contributed by atoms with van der Waals surface area (Å²) < 4.78 is 16.4. The van der Waals surface area contributed by atoms with Gasteiger partial charge in [-0.1, -0.05) is 49.1 Å². The van der Waals surface area contributed by atoms with Crippen LogP contribution in [0.4, 0.5) is 0 Å². The van der Waals surface area contributed by atoms with E-state index in [1.807, 2.05) is 49.4 Å². The minimum atomic E-state index is -0.242. The van der Waals surface area contributed by atoms with E-state index in [-0.39, 0.29) is 17.8 Å². The maximum Gasteiger partial charge on any atom is 0.227 e. The Balaban J connectivity index is 1.96. The molecule has 0 amide bonds. The molecule has 2 rings (SSSR count). The molecule has 0 N–H and O–H groups in total. The van der Waals surface area contributed by atoms with Gasteiger partial charge in [0.2, 0.25) is 11.2 Å². The molecule has 0 unspecified atom stereocenters. The van der Waals surface area contributed by atoms with Crippen LogP contribution < -0.4 is 10.2 Å². The maximum absolute atomic E-state index is 12.1. The van der Waals surface area contributed by atoms with Gasteiger partial charge in [-0.3, -0.25) is 4.79 Å². The summed E-state index contributed by atoms with van der Waals surface area (Å²) in [5.41, 5.74) is 0.738. The summed E-state index contributed by atoms with van der Waals surface area (Å²) in [4.78, 5) is 12.1. The first-order chi connectivity index (χ1) is 11.7. The number of allylic oxidation sites excluding steroid dienone is 4. The van der Waals surface area contributed by atoms with Gasteiger partial charge < -0.3 is 13.9 Å². The smallest absolute Gasteiger partial charge is 0.227 e. The highest BCUT2D eigenvalue weighted by Crippen LogP contribution is 2.11. The Hall–Kier alpha value is -3.01. The number of benzene rings is 1. The van der Waals surface area contributed by atoms with E-state index < -0.39 is 0 Å². The van der Waals surface area contributed by atoms with E-state index in [1.54, 1.807) is 12.2 Å². The van der Waals surface area contributed by atoms with Gasteiger partial charge in [-0.15, -0.1) is 0 Å². The summed E-state index contributed by atoms with van der Waals surface area (Å²) in [5, 5.41) is 0. The van der Waals surface area contributed by atoms with Gasteiger partial charge in [-0.05, 0) is 24.6 Å². The van der Waals surface area contributed by atoms with Crippen LogP contribution in [0.1, 0.15) is 18.2 Å². The highest BCUT2D eigenvalue weighted by atomic mass is 16.5. The molecule has 1 aromatic heterocycles. The van der Waals surface area contributed by atoms with Crippen LogP contribution in [0.15, 0.2) is 88.5 Å². The van der Waals surface area contributed by atoms with Crippen molar-refractivity contribution in [2.75, 3.05) is 0 Å². The molecule has 0 aliphatic rings. The lowest BCUT2D eigenvalue weighted by molar-refractivity contribution is 0.183. The van der Waals surface area contributed by atoms with E-state index in [4.69, 9.17) is 13.9 Å². The van der Waals surface area contributed by atoms with Crippen LogP contribution in [-0.2, 0) is 18.0 Å². The molecule has 0 bridgehead atoms. The average molecular weight is 324 g/mol. The zero-order chi connectivity index (χ0) is 17.2. The van der Waals surface area contributed by atoms with Crippen molar-refractivity contribution < 1.29 is 13.9 Å². The van der Waals surface area contributed by atoms with Gasteiger partial charge in [0.15, 0.2) is 0 Å². The fourth-order valence-corrected chi connectivity index (χ4v) is 1.88. The van der Waals surface area contributed by atoms with E-state index in [0.29, 0.717) is 18.1 Å². The molecule has 4 heteroatoms. The molecular weight excluding hydrogens is 304 g/mol. The van der Waals surface area contributed by atoms with Gasteiger partial charge in [0.25, 0.3) is 0 Å². The maximum atomic E-state index is 12.1. The van der Waals surface area contributed by atoms with Crippen molar-refractivity contribution >= 4 is 0 Å². The molecule has 4 nitrogen and oxygen atoms in total. The molecule has 0 aliphatic carbocycles. The molecule has 2 aromatic rings. The minimum Gasteiger partial charge on any atom is -0.486 e. The second kappa shape index (κ2) is 9.20. The molecular formula is C20H20O4. The lowest BCUT2D eigenvalue weighted by atomic mass is 10.2. The SMILES string of the molecule is C=C/C(=C\C=C/C)OCc1cc(=O)c(OCc2ccccc2)co1. The largest absolute Gasteiger partial charge is 0.486 e.